The normalized spacial score (nSPS) is 3.56. The predicted molar refractivity (Wildman–Crippen MR) is 24.9 cm³/mol. The molecule has 0 unspecified atom stereocenters. The molecule has 0 atom stereocenters. The molecule has 0 heterocycles. The Morgan fingerprint density at radius 2 is 1.11 bits per heavy atom. The fourth-order valence-electron chi connectivity index (χ4n) is 0. The maximum atomic E-state index is 8.69. The molecule has 0 amide bonds. The minimum atomic E-state index is 0. The number of rotatable bonds is 0. The third-order valence-electron chi connectivity index (χ3n) is 0.0913. The number of carbonyl (C=O) groups excluding carboxylic acids is 2. The summed E-state index contributed by atoms with van der Waals surface area (Å²) in [5.74, 6) is 11.3. The fraction of sp³-hybridized carbons (Fsp3) is 0. The molecule has 0 aromatic carbocycles. The first-order valence-corrected chi connectivity index (χ1v) is 1.30. The maximum Gasteiger partial charge on any atom is 2.00 e. The van der Waals surface area contributed by atoms with Crippen LogP contribution in [0.1, 0.15) is 0 Å². The predicted octanol–water partition coefficient (Wildman–Crippen LogP) is 0.576. The van der Waals surface area contributed by atoms with Crippen molar-refractivity contribution in [2.75, 3.05) is 0 Å². The van der Waals surface area contributed by atoms with Crippen LogP contribution in [0.2, 0.25) is 0 Å². The Morgan fingerprint density at radius 3 is 1.11 bits per heavy atom. The molecule has 2 N–H and O–H groups in total. The quantitative estimate of drug-likeness (QED) is 0.234. The van der Waals surface area contributed by atoms with Crippen LogP contribution < -0.4 is 0 Å². The van der Waals surface area contributed by atoms with Crippen molar-refractivity contribution < 1.29 is 26.7 Å². The smallest absolute Gasteiger partial charge is 0.605 e. The van der Waals surface area contributed by atoms with E-state index in [0.717, 1.165) is 12.2 Å². The minimum Gasteiger partial charge on any atom is -0.605 e. The monoisotopic (exact) mass is 177 g/mol. The Bertz CT molecular complexity index is 109. The molecule has 0 aromatic rings. The van der Waals surface area contributed by atoms with Gasteiger partial charge in [-0.15, -0.1) is 0 Å². The van der Waals surface area contributed by atoms with Gasteiger partial charge in [-0.05, 0) is 0 Å². The van der Waals surface area contributed by atoms with E-state index in [1.807, 2.05) is 0 Å². The van der Waals surface area contributed by atoms with Gasteiger partial charge < -0.3 is 11.7 Å². The molecular weight excluding hydrogens is 176 g/mol. The SMILES string of the molecule is [Cu+2].[NH-]N=C=O.[NH-]N=C=O. The van der Waals surface area contributed by atoms with Crippen LogP contribution in [0.15, 0.2) is 10.2 Å². The molecule has 6 nitrogen and oxygen atoms in total. The second-order valence-corrected chi connectivity index (χ2v) is 0.406. The van der Waals surface area contributed by atoms with Gasteiger partial charge >= 0.3 is 17.1 Å². The molecule has 9 heavy (non-hydrogen) atoms. The summed E-state index contributed by atoms with van der Waals surface area (Å²) in [6.07, 6.45) is 1.94. The van der Waals surface area contributed by atoms with Gasteiger partial charge in [0, 0.05) is 0 Å². The first-order valence-electron chi connectivity index (χ1n) is 1.30. The van der Waals surface area contributed by atoms with Crippen molar-refractivity contribution in [3.05, 3.63) is 11.7 Å². The van der Waals surface area contributed by atoms with Crippen LogP contribution in [-0.2, 0) is 26.7 Å². The molecule has 0 spiro atoms. The number of isocyanates is 2. The zero-order valence-electron chi connectivity index (χ0n) is 4.01. The molecule has 53 valence electrons. The topological polar surface area (TPSA) is 106 Å². The van der Waals surface area contributed by atoms with E-state index in [9.17, 15) is 0 Å². The van der Waals surface area contributed by atoms with Crippen molar-refractivity contribution in [2.24, 2.45) is 10.2 Å². The van der Waals surface area contributed by atoms with Gasteiger partial charge in [0.15, 0.2) is 0 Å². The summed E-state index contributed by atoms with van der Waals surface area (Å²) >= 11 is 0. The Kier molecular flexibility index (Phi) is 49.9. The molecule has 0 aliphatic rings. The average molecular weight is 178 g/mol. The molecule has 0 aromatic heterocycles. The van der Waals surface area contributed by atoms with E-state index in [0.29, 0.717) is 0 Å². The van der Waals surface area contributed by atoms with Crippen LogP contribution in [0, 0.1) is 0 Å². The second-order valence-electron chi connectivity index (χ2n) is 0.406. The molecule has 7 heteroatoms. The van der Waals surface area contributed by atoms with Crippen LogP contribution in [0.5, 0.6) is 0 Å². The maximum absolute atomic E-state index is 8.69. The van der Waals surface area contributed by atoms with Gasteiger partial charge in [-0.3, -0.25) is 10.2 Å². The number of hydrogen-bond donors (Lipinski definition) is 0. The molecule has 0 rings (SSSR count). The molecule has 0 fully saturated rings. The van der Waals surface area contributed by atoms with Crippen molar-refractivity contribution in [3.8, 4) is 0 Å². The Morgan fingerprint density at radius 1 is 1.00 bits per heavy atom. The molecular formula is C2H2CuN4O2. The van der Waals surface area contributed by atoms with E-state index in [2.05, 4.69) is 10.2 Å². The summed E-state index contributed by atoms with van der Waals surface area (Å²) in [6.45, 7) is 0. The summed E-state index contributed by atoms with van der Waals surface area (Å²) in [7, 11) is 0. The van der Waals surface area contributed by atoms with Gasteiger partial charge in [-0.1, -0.05) is 0 Å². The second kappa shape index (κ2) is 28.7. The van der Waals surface area contributed by atoms with Gasteiger partial charge in [0.25, 0.3) is 0 Å². The Hall–Kier alpha value is -1.12. The van der Waals surface area contributed by atoms with Crippen molar-refractivity contribution >= 4 is 12.2 Å². The van der Waals surface area contributed by atoms with Crippen molar-refractivity contribution in [3.63, 3.8) is 0 Å². The van der Waals surface area contributed by atoms with Gasteiger partial charge in [0.05, 0.1) is 0 Å². The Balaban J connectivity index is -0.0000000720. The first kappa shape index (κ1) is 15.7. The summed E-state index contributed by atoms with van der Waals surface area (Å²) < 4.78 is 0. The number of nitrogens with zero attached hydrogens (tertiary/aromatic N) is 2. The molecule has 0 saturated heterocycles. The number of hydrogen-bond acceptors (Lipinski definition) is 4. The zero-order chi connectivity index (χ0) is 6.83. The van der Waals surface area contributed by atoms with E-state index >= 15 is 0 Å². The third-order valence-corrected chi connectivity index (χ3v) is 0.0913. The molecule has 0 aliphatic heterocycles. The summed E-state index contributed by atoms with van der Waals surface area (Å²) in [5, 5.41) is 4.36. The summed E-state index contributed by atoms with van der Waals surface area (Å²) in [5.41, 5.74) is 0. The van der Waals surface area contributed by atoms with Crippen LogP contribution in [-0.4, -0.2) is 12.2 Å². The third kappa shape index (κ3) is 212. The standard InChI is InChI=1S/2CHN2O.Cu/c2*2-3-1-4;/h2*2H;/q2*-1;+2. The van der Waals surface area contributed by atoms with Gasteiger partial charge in [0.2, 0.25) is 12.2 Å². The van der Waals surface area contributed by atoms with Gasteiger partial charge in [-0.2, -0.15) is 0 Å². The molecule has 0 aliphatic carbocycles. The van der Waals surface area contributed by atoms with Crippen molar-refractivity contribution in [2.45, 2.75) is 0 Å². The number of nitrogens with one attached hydrogen (secondary N) is 2. The van der Waals surface area contributed by atoms with E-state index in [1.54, 1.807) is 0 Å². The van der Waals surface area contributed by atoms with Crippen LogP contribution in [0.4, 0.5) is 0 Å². The van der Waals surface area contributed by atoms with E-state index in [-0.39, 0.29) is 17.1 Å². The van der Waals surface area contributed by atoms with E-state index < -0.39 is 0 Å². The van der Waals surface area contributed by atoms with Gasteiger partial charge in [0.1, 0.15) is 0 Å². The van der Waals surface area contributed by atoms with Crippen LogP contribution >= 0.6 is 0 Å². The van der Waals surface area contributed by atoms with Crippen molar-refractivity contribution in [1.82, 2.24) is 0 Å². The minimum absolute atomic E-state index is 0. The van der Waals surface area contributed by atoms with Gasteiger partial charge in [-0.25, -0.2) is 9.59 Å². The van der Waals surface area contributed by atoms with Crippen LogP contribution in [0.25, 0.3) is 11.7 Å². The van der Waals surface area contributed by atoms with Crippen LogP contribution in [0.3, 0.4) is 0 Å². The molecule has 0 bridgehead atoms. The van der Waals surface area contributed by atoms with Crippen molar-refractivity contribution in [1.29, 1.82) is 0 Å². The molecule has 0 saturated carbocycles. The zero-order valence-corrected chi connectivity index (χ0v) is 4.95. The van der Waals surface area contributed by atoms with E-state index in [1.165, 1.54) is 0 Å². The largest absolute Gasteiger partial charge is 2.00 e. The Labute approximate surface area is 61.4 Å². The fourth-order valence-corrected chi connectivity index (χ4v) is 0. The molecule has 1 radical (unpaired) electrons. The summed E-state index contributed by atoms with van der Waals surface area (Å²) in [4.78, 5) is 17.4. The van der Waals surface area contributed by atoms with E-state index in [4.69, 9.17) is 21.3 Å². The summed E-state index contributed by atoms with van der Waals surface area (Å²) in [6, 6.07) is 0. The first-order chi connectivity index (χ1) is 3.83. The average Bonchev–Trinajstić information content (AvgIpc) is 1.88.